The van der Waals surface area contributed by atoms with Gasteiger partial charge in [-0.1, -0.05) is 24.3 Å². The Morgan fingerprint density at radius 2 is 1.63 bits per heavy atom. The Hall–Kier alpha value is -3.36. The normalized spacial score (nSPS) is 12.3. The van der Waals surface area contributed by atoms with Crippen LogP contribution in [0.4, 0.5) is 13.2 Å². The van der Waals surface area contributed by atoms with E-state index in [4.69, 9.17) is 10.8 Å². The molecule has 0 aliphatic heterocycles. The number of nitrogens with one attached hydrogen (secondary N) is 1. The third kappa shape index (κ3) is 5.06. The number of carboxylic acid groups (broad SMARTS) is 1. The minimum absolute atomic E-state index is 0.0255. The molecule has 0 aliphatic rings. The van der Waals surface area contributed by atoms with Crippen LogP contribution in [0.25, 0.3) is 0 Å². The third-order valence-corrected chi connectivity index (χ3v) is 3.77. The predicted molar refractivity (Wildman–Crippen MR) is 89.0 cm³/mol. The molecular weight excluding hydrogens is 365 g/mol. The van der Waals surface area contributed by atoms with E-state index < -0.39 is 41.1 Å². The molecule has 0 unspecified atom stereocenters. The molecule has 6 nitrogen and oxygen atoms in total. The number of amides is 2. The molecule has 0 heterocycles. The number of aromatic carboxylic acids is 1. The van der Waals surface area contributed by atoms with Crippen LogP contribution in [-0.2, 0) is 17.4 Å². The Labute approximate surface area is 151 Å². The number of hydrogen-bond acceptors (Lipinski definition) is 3. The average Bonchev–Trinajstić information content (AvgIpc) is 2.60. The monoisotopic (exact) mass is 380 g/mol. The fourth-order valence-electron chi connectivity index (χ4n) is 2.41. The highest BCUT2D eigenvalue weighted by Crippen LogP contribution is 2.31. The summed E-state index contributed by atoms with van der Waals surface area (Å²) in [5, 5.41) is 11.1. The summed E-state index contributed by atoms with van der Waals surface area (Å²) in [4.78, 5) is 34.7. The number of primary amides is 1. The Balaban J connectivity index is 2.20. The number of benzene rings is 2. The average molecular weight is 380 g/mol. The second kappa shape index (κ2) is 7.90. The van der Waals surface area contributed by atoms with Crippen LogP contribution in [0.3, 0.4) is 0 Å². The SMILES string of the molecule is NC(=O)[C@H](Cc1ccc(C(=O)O)cc1)NC(=O)c1ccccc1C(F)(F)F. The number of halogens is 3. The van der Waals surface area contributed by atoms with E-state index in [0.29, 0.717) is 5.56 Å². The first-order valence-electron chi connectivity index (χ1n) is 7.68. The number of carbonyl (C=O) groups excluding carboxylic acids is 2. The zero-order chi connectivity index (χ0) is 20.2. The van der Waals surface area contributed by atoms with Crippen molar-refractivity contribution >= 4 is 17.8 Å². The van der Waals surface area contributed by atoms with Crippen molar-refractivity contribution in [2.75, 3.05) is 0 Å². The molecule has 2 aromatic rings. The second-order valence-corrected chi connectivity index (χ2v) is 5.68. The summed E-state index contributed by atoms with van der Waals surface area (Å²) in [7, 11) is 0. The van der Waals surface area contributed by atoms with Crippen molar-refractivity contribution in [2.24, 2.45) is 5.73 Å². The lowest BCUT2D eigenvalue weighted by Crippen LogP contribution is -2.46. The van der Waals surface area contributed by atoms with Crippen molar-refractivity contribution in [3.8, 4) is 0 Å². The van der Waals surface area contributed by atoms with E-state index in [1.165, 1.54) is 30.3 Å². The van der Waals surface area contributed by atoms with E-state index in [2.05, 4.69) is 5.32 Å². The van der Waals surface area contributed by atoms with Crippen LogP contribution < -0.4 is 11.1 Å². The summed E-state index contributed by atoms with van der Waals surface area (Å²) in [5.74, 6) is -3.16. The standard InChI is InChI=1S/C18H15F3N2O4/c19-18(20,21)13-4-2-1-3-12(13)16(25)23-14(15(22)24)9-10-5-7-11(8-6-10)17(26)27/h1-8,14H,9H2,(H2,22,24)(H,23,25)(H,26,27)/t14-/m0/s1. The molecule has 0 aliphatic carbocycles. The lowest BCUT2D eigenvalue weighted by Gasteiger charge is -2.18. The summed E-state index contributed by atoms with van der Waals surface area (Å²) in [6.07, 6.45) is -4.84. The molecule has 0 bridgehead atoms. The van der Waals surface area contributed by atoms with E-state index >= 15 is 0 Å². The molecule has 27 heavy (non-hydrogen) atoms. The Morgan fingerprint density at radius 1 is 1.04 bits per heavy atom. The van der Waals surface area contributed by atoms with E-state index in [9.17, 15) is 27.6 Å². The van der Waals surface area contributed by atoms with Gasteiger partial charge in [-0.3, -0.25) is 9.59 Å². The van der Waals surface area contributed by atoms with Gasteiger partial charge in [0.05, 0.1) is 16.7 Å². The van der Waals surface area contributed by atoms with E-state index in [-0.39, 0.29) is 12.0 Å². The smallest absolute Gasteiger partial charge is 0.417 e. The van der Waals surface area contributed by atoms with Gasteiger partial charge in [0, 0.05) is 6.42 Å². The van der Waals surface area contributed by atoms with Crippen LogP contribution in [0, 0.1) is 0 Å². The lowest BCUT2D eigenvalue weighted by atomic mass is 10.0. The Bertz CT molecular complexity index is 864. The fourth-order valence-corrected chi connectivity index (χ4v) is 2.41. The van der Waals surface area contributed by atoms with Gasteiger partial charge in [0.2, 0.25) is 5.91 Å². The molecule has 1 atom stereocenters. The Morgan fingerprint density at radius 3 is 2.15 bits per heavy atom. The van der Waals surface area contributed by atoms with Crippen LogP contribution in [0.15, 0.2) is 48.5 Å². The number of carbonyl (C=O) groups is 3. The maximum atomic E-state index is 13.0. The van der Waals surface area contributed by atoms with E-state index in [1.807, 2.05) is 0 Å². The Kier molecular flexibility index (Phi) is 5.84. The molecule has 4 N–H and O–H groups in total. The molecule has 2 amide bonds. The number of carboxylic acids is 1. The maximum absolute atomic E-state index is 13.0. The molecule has 0 saturated carbocycles. The molecule has 2 aromatic carbocycles. The van der Waals surface area contributed by atoms with Gasteiger partial charge in [-0.2, -0.15) is 13.2 Å². The van der Waals surface area contributed by atoms with E-state index in [0.717, 1.165) is 18.2 Å². The second-order valence-electron chi connectivity index (χ2n) is 5.68. The maximum Gasteiger partial charge on any atom is 0.417 e. The molecule has 9 heteroatoms. The van der Waals surface area contributed by atoms with Gasteiger partial charge in [-0.15, -0.1) is 0 Å². The molecule has 0 saturated heterocycles. The van der Waals surface area contributed by atoms with Gasteiger partial charge < -0.3 is 16.2 Å². The summed E-state index contributed by atoms with van der Waals surface area (Å²) < 4.78 is 39.1. The van der Waals surface area contributed by atoms with Crippen molar-refractivity contribution in [1.82, 2.24) is 5.32 Å². The fraction of sp³-hybridized carbons (Fsp3) is 0.167. The number of hydrogen-bond donors (Lipinski definition) is 3. The van der Waals surface area contributed by atoms with Gasteiger partial charge in [0.25, 0.3) is 5.91 Å². The van der Waals surface area contributed by atoms with Crippen LogP contribution in [0.1, 0.15) is 31.8 Å². The zero-order valence-corrected chi connectivity index (χ0v) is 13.8. The first-order chi connectivity index (χ1) is 12.6. The van der Waals surface area contributed by atoms with Crippen molar-refractivity contribution in [1.29, 1.82) is 0 Å². The highest BCUT2D eigenvalue weighted by molar-refractivity contribution is 5.98. The minimum atomic E-state index is -4.73. The number of rotatable bonds is 6. The van der Waals surface area contributed by atoms with Crippen LogP contribution in [0.2, 0.25) is 0 Å². The molecule has 2 rings (SSSR count). The van der Waals surface area contributed by atoms with Gasteiger partial charge in [0.15, 0.2) is 0 Å². The summed E-state index contributed by atoms with van der Waals surface area (Å²) in [5.41, 5.74) is 3.99. The molecular formula is C18H15F3N2O4. The highest BCUT2D eigenvalue weighted by atomic mass is 19.4. The van der Waals surface area contributed by atoms with Crippen LogP contribution in [-0.4, -0.2) is 28.9 Å². The number of nitrogens with two attached hydrogens (primary N) is 1. The number of alkyl halides is 3. The molecule has 0 fully saturated rings. The zero-order valence-electron chi connectivity index (χ0n) is 13.8. The molecule has 0 aromatic heterocycles. The first kappa shape index (κ1) is 20.0. The summed E-state index contributed by atoms with van der Waals surface area (Å²) in [6.45, 7) is 0. The lowest BCUT2D eigenvalue weighted by molar-refractivity contribution is -0.137. The van der Waals surface area contributed by atoms with Crippen LogP contribution in [0.5, 0.6) is 0 Å². The summed E-state index contributed by atoms with van der Waals surface area (Å²) >= 11 is 0. The van der Waals surface area contributed by atoms with Crippen molar-refractivity contribution < 1.29 is 32.7 Å². The van der Waals surface area contributed by atoms with Gasteiger partial charge in [0.1, 0.15) is 6.04 Å². The van der Waals surface area contributed by atoms with Crippen molar-refractivity contribution in [2.45, 2.75) is 18.6 Å². The topological polar surface area (TPSA) is 109 Å². The predicted octanol–water partition coefficient (Wildman–Crippen LogP) is 2.23. The van der Waals surface area contributed by atoms with Crippen LogP contribution >= 0.6 is 0 Å². The van der Waals surface area contributed by atoms with Crippen molar-refractivity contribution in [3.63, 3.8) is 0 Å². The van der Waals surface area contributed by atoms with E-state index in [1.54, 1.807) is 0 Å². The van der Waals surface area contributed by atoms with Gasteiger partial charge >= 0.3 is 12.1 Å². The molecule has 0 radical (unpaired) electrons. The largest absolute Gasteiger partial charge is 0.478 e. The minimum Gasteiger partial charge on any atom is -0.478 e. The quantitative estimate of drug-likeness (QED) is 0.714. The molecule has 142 valence electrons. The van der Waals surface area contributed by atoms with Gasteiger partial charge in [-0.05, 0) is 29.8 Å². The third-order valence-electron chi connectivity index (χ3n) is 3.77. The highest BCUT2D eigenvalue weighted by Gasteiger charge is 2.35. The molecule has 0 spiro atoms. The van der Waals surface area contributed by atoms with Crippen molar-refractivity contribution in [3.05, 3.63) is 70.8 Å². The van der Waals surface area contributed by atoms with Gasteiger partial charge in [-0.25, -0.2) is 4.79 Å². The first-order valence-corrected chi connectivity index (χ1v) is 7.68. The summed E-state index contributed by atoms with van der Waals surface area (Å²) in [6, 6.07) is 8.37.